The maximum absolute atomic E-state index is 9.35. The van der Waals surface area contributed by atoms with E-state index in [9.17, 15) is 5.26 Å². The van der Waals surface area contributed by atoms with Crippen LogP contribution < -0.4 is 4.90 Å². The second-order valence-corrected chi connectivity index (χ2v) is 7.33. The summed E-state index contributed by atoms with van der Waals surface area (Å²) in [5.41, 5.74) is 2.47. The van der Waals surface area contributed by atoms with Crippen LogP contribution in [0.3, 0.4) is 0 Å². The minimum Gasteiger partial charge on any atom is -0.368 e. The van der Waals surface area contributed by atoms with Crippen LogP contribution in [-0.2, 0) is 0 Å². The quantitative estimate of drug-likeness (QED) is 0.621. The van der Waals surface area contributed by atoms with Crippen molar-refractivity contribution >= 4 is 17.3 Å². The number of benzene rings is 2. The molecule has 2 nitrogen and oxygen atoms in total. The first-order valence-electron chi connectivity index (χ1n) is 9.22. The van der Waals surface area contributed by atoms with Gasteiger partial charge in [-0.25, -0.2) is 0 Å². The van der Waals surface area contributed by atoms with Crippen LogP contribution in [0.25, 0.3) is 0 Å². The summed E-state index contributed by atoms with van der Waals surface area (Å²) in [6.45, 7) is 0.879. The topological polar surface area (TPSA) is 27.0 Å². The number of hydrogen-bond donors (Lipinski definition) is 0. The molecule has 0 aliphatic heterocycles. The average Bonchev–Trinajstić information content (AvgIpc) is 2.67. The molecule has 0 bridgehead atoms. The van der Waals surface area contributed by atoms with Crippen molar-refractivity contribution in [3.05, 3.63) is 65.2 Å². The molecule has 0 amide bonds. The Morgan fingerprint density at radius 1 is 1.00 bits per heavy atom. The van der Waals surface area contributed by atoms with E-state index in [1.54, 1.807) is 0 Å². The zero-order chi connectivity index (χ0) is 17.5. The zero-order valence-corrected chi connectivity index (χ0v) is 15.3. The molecule has 25 heavy (non-hydrogen) atoms. The van der Waals surface area contributed by atoms with E-state index in [-0.39, 0.29) is 5.92 Å². The molecule has 130 valence electrons. The molecule has 0 spiro atoms. The average molecular weight is 353 g/mol. The van der Waals surface area contributed by atoms with Gasteiger partial charge < -0.3 is 4.90 Å². The number of anilines is 1. The van der Waals surface area contributed by atoms with Gasteiger partial charge in [0.25, 0.3) is 0 Å². The summed E-state index contributed by atoms with van der Waals surface area (Å²) in [5, 5.41) is 10.1. The van der Waals surface area contributed by atoms with Crippen LogP contribution in [-0.4, -0.2) is 12.6 Å². The summed E-state index contributed by atoms with van der Waals surface area (Å²) in [6, 6.07) is 21.6. The van der Waals surface area contributed by atoms with Gasteiger partial charge in [0.05, 0.1) is 6.07 Å². The highest BCUT2D eigenvalue weighted by Crippen LogP contribution is 2.31. The van der Waals surface area contributed by atoms with Crippen molar-refractivity contribution in [2.75, 3.05) is 11.4 Å². The Balaban J connectivity index is 1.86. The molecule has 2 aromatic rings. The number of halogens is 1. The third-order valence-corrected chi connectivity index (χ3v) is 5.45. The van der Waals surface area contributed by atoms with E-state index >= 15 is 0 Å². The Bertz CT molecular complexity index is 684. The van der Waals surface area contributed by atoms with Crippen molar-refractivity contribution in [2.24, 2.45) is 0 Å². The SMILES string of the molecule is N#CCC(CN(c1ccccc1)C1CCCCC1)c1ccc(Cl)cc1. The highest BCUT2D eigenvalue weighted by atomic mass is 35.5. The van der Waals surface area contributed by atoms with Crippen LogP contribution in [0.1, 0.15) is 50.0 Å². The van der Waals surface area contributed by atoms with Crippen molar-refractivity contribution < 1.29 is 0 Å². The van der Waals surface area contributed by atoms with Gasteiger partial charge in [0.15, 0.2) is 0 Å². The summed E-state index contributed by atoms with van der Waals surface area (Å²) >= 11 is 6.04. The van der Waals surface area contributed by atoms with E-state index in [1.165, 1.54) is 43.4 Å². The molecule has 0 heterocycles. The Morgan fingerprint density at radius 2 is 1.68 bits per heavy atom. The van der Waals surface area contributed by atoms with Crippen LogP contribution in [0.2, 0.25) is 5.02 Å². The first-order chi connectivity index (χ1) is 12.3. The second-order valence-electron chi connectivity index (χ2n) is 6.89. The standard InChI is InChI=1S/C22H25ClN2/c23-20-13-11-18(12-14-20)19(15-16-24)17-25(21-7-3-1-4-8-21)22-9-5-2-6-10-22/h1,3-4,7-8,11-14,19,22H,2,5-6,9-10,15,17H2. The lowest BCUT2D eigenvalue weighted by Gasteiger charge is -2.38. The molecule has 1 aliphatic rings. The van der Waals surface area contributed by atoms with Crippen molar-refractivity contribution in [3.63, 3.8) is 0 Å². The van der Waals surface area contributed by atoms with E-state index in [4.69, 9.17) is 11.6 Å². The normalized spacial score (nSPS) is 16.2. The Hall–Kier alpha value is -1.98. The molecule has 2 aromatic carbocycles. The number of nitriles is 1. The molecule has 1 saturated carbocycles. The minimum atomic E-state index is 0.199. The van der Waals surface area contributed by atoms with Crippen LogP contribution in [0.5, 0.6) is 0 Å². The van der Waals surface area contributed by atoms with Crippen LogP contribution in [0.4, 0.5) is 5.69 Å². The third-order valence-electron chi connectivity index (χ3n) is 5.20. The first-order valence-corrected chi connectivity index (χ1v) is 9.60. The molecule has 1 aliphatic carbocycles. The lowest BCUT2D eigenvalue weighted by molar-refractivity contribution is 0.407. The fourth-order valence-electron chi connectivity index (χ4n) is 3.85. The van der Waals surface area contributed by atoms with E-state index < -0.39 is 0 Å². The lowest BCUT2D eigenvalue weighted by Crippen LogP contribution is -2.39. The minimum absolute atomic E-state index is 0.199. The van der Waals surface area contributed by atoms with Gasteiger partial charge in [0.1, 0.15) is 0 Å². The summed E-state index contributed by atoms with van der Waals surface area (Å²) in [7, 11) is 0. The van der Waals surface area contributed by atoms with Crippen molar-refractivity contribution in [2.45, 2.75) is 50.5 Å². The largest absolute Gasteiger partial charge is 0.368 e. The number of hydrogen-bond acceptors (Lipinski definition) is 2. The maximum atomic E-state index is 9.35. The summed E-state index contributed by atoms with van der Waals surface area (Å²) in [6.07, 6.45) is 6.97. The van der Waals surface area contributed by atoms with Crippen molar-refractivity contribution in [1.82, 2.24) is 0 Å². The zero-order valence-electron chi connectivity index (χ0n) is 14.6. The predicted molar refractivity (Wildman–Crippen MR) is 105 cm³/mol. The Morgan fingerprint density at radius 3 is 2.32 bits per heavy atom. The number of rotatable bonds is 6. The van der Waals surface area contributed by atoms with Gasteiger partial charge in [-0.2, -0.15) is 5.26 Å². The van der Waals surface area contributed by atoms with E-state index in [1.807, 2.05) is 12.1 Å². The fourth-order valence-corrected chi connectivity index (χ4v) is 3.97. The molecule has 1 atom stereocenters. The van der Waals surface area contributed by atoms with Gasteiger partial charge >= 0.3 is 0 Å². The summed E-state index contributed by atoms with van der Waals surface area (Å²) in [5.74, 6) is 0.199. The Kier molecular flexibility index (Phi) is 6.36. The highest BCUT2D eigenvalue weighted by Gasteiger charge is 2.25. The molecule has 1 fully saturated rings. The monoisotopic (exact) mass is 352 g/mol. The summed E-state index contributed by atoms with van der Waals surface area (Å²) < 4.78 is 0. The molecule has 1 unspecified atom stereocenters. The number of para-hydroxylation sites is 1. The van der Waals surface area contributed by atoms with Gasteiger partial charge in [0, 0.05) is 35.6 Å². The van der Waals surface area contributed by atoms with Crippen LogP contribution in [0.15, 0.2) is 54.6 Å². The lowest BCUT2D eigenvalue weighted by atomic mass is 9.90. The molecule has 0 aromatic heterocycles. The Labute approximate surface area is 156 Å². The van der Waals surface area contributed by atoms with Crippen molar-refractivity contribution in [3.8, 4) is 6.07 Å². The van der Waals surface area contributed by atoms with Crippen LogP contribution in [0, 0.1) is 11.3 Å². The van der Waals surface area contributed by atoms with Crippen molar-refractivity contribution in [1.29, 1.82) is 5.26 Å². The molecular formula is C22H25ClN2. The smallest absolute Gasteiger partial charge is 0.0628 e. The highest BCUT2D eigenvalue weighted by molar-refractivity contribution is 6.30. The third kappa shape index (κ3) is 4.77. The van der Waals surface area contributed by atoms with Gasteiger partial charge in [-0.05, 0) is 42.7 Å². The van der Waals surface area contributed by atoms with E-state index in [0.29, 0.717) is 12.5 Å². The van der Waals surface area contributed by atoms with E-state index in [0.717, 1.165) is 11.6 Å². The predicted octanol–water partition coefficient (Wildman–Crippen LogP) is 6.18. The summed E-state index contributed by atoms with van der Waals surface area (Å²) in [4.78, 5) is 2.54. The molecule has 0 saturated heterocycles. The van der Waals surface area contributed by atoms with Crippen LogP contribution >= 0.6 is 11.6 Å². The maximum Gasteiger partial charge on any atom is 0.0628 e. The fraction of sp³-hybridized carbons (Fsp3) is 0.409. The molecular weight excluding hydrogens is 328 g/mol. The van der Waals surface area contributed by atoms with Gasteiger partial charge in [-0.1, -0.05) is 61.2 Å². The first kappa shape index (κ1) is 17.8. The van der Waals surface area contributed by atoms with Gasteiger partial charge in [-0.3, -0.25) is 0 Å². The molecule has 3 rings (SSSR count). The van der Waals surface area contributed by atoms with Gasteiger partial charge in [-0.15, -0.1) is 0 Å². The molecule has 3 heteroatoms. The second kappa shape index (κ2) is 8.92. The number of nitrogens with zero attached hydrogens (tertiary/aromatic N) is 2. The van der Waals surface area contributed by atoms with Gasteiger partial charge in [0.2, 0.25) is 0 Å². The molecule has 0 N–H and O–H groups in total. The van der Waals surface area contributed by atoms with E-state index in [2.05, 4.69) is 53.4 Å². The molecule has 0 radical (unpaired) electrons.